The monoisotopic (exact) mass is 325 g/mol. The fraction of sp³-hybridized carbons (Fsp3) is 0.429. The number of benzene rings is 2. The molecule has 0 amide bonds. The summed E-state index contributed by atoms with van der Waals surface area (Å²) in [6.07, 6.45) is 2.09. The van der Waals surface area contributed by atoms with Crippen LogP contribution in [0.3, 0.4) is 0 Å². The highest BCUT2D eigenvalue weighted by Crippen LogP contribution is 2.22. The van der Waals surface area contributed by atoms with Gasteiger partial charge in [0.2, 0.25) is 0 Å². The normalized spacial score (nSPS) is 19.8. The van der Waals surface area contributed by atoms with Gasteiger partial charge in [-0.05, 0) is 48.6 Å². The lowest BCUT2D eigenvalue weighted by Crippen LogP contribution is -2.41. The molecule has 0 unspecified atom stereocenters. The van der Waals surface area contributed by atoms with Gasteiger partial charge >= 0.3 is 0 Å². The smallest absolute Gasteiger partial charge is 0.119 e. The third kappa shape index (κ3) is 4.83. The molecule has 0 aliphatic carbocycles. The summed E-state index contributed by atoms with van der Waals surface area (Å²) in [7, 11) is 0. The first-order valence-electron chi connectivity index (χ1n) is 8.89. The van der Waals surface area contributed by atoms with E-state index in [9.17, 15) is 5.11 Å². The lowest BCUT2D eigenvalue weighted by molar-refractivity contribution is 0.0537. The molecular formula is C21H27NO2. The molecule has 0 saturated carbocycles. The Morgan fingerprint density at radius 3 is 2.50 bits per heavy atom. The second-order valence-electron chi connectivity index (χ2n) is 6.86. The lowest BCUT2D eigenvalue weighted by atomic mass is 10.0. The van der Waals surface area contributed by atoms with E-state index in [1.807, 2.05) is 30.3 Å². The van der Waals surface area contributed by atoms with Crippen LogP contribution in [0.1, 0.15) is 19.8 Å². The topological polar surface area (TPSA) is 32.7 Å². The van der Waals surface area contributed by atoms with Crippen molar-refractivity contribution in [1.29, 1.82) is 0 Å². The Kier molecular flexibility index (Phi) is 5.89. The molecule has 3 rings (SSSR count). The molecule has 0 radical (unpaired) electrons. The van der Waals surface area contributed by atoms with Gasteiger partial charge in [-0.15, -0.1) is 0 Å². The zero-order valence-corrected chi connectivity index (χ0v) is 14.4. The van der Waals surface area contributed by atoms with Crippen molar-refractivity contribution in [2.45, 2.75) is 25.9 Å². The molecule has 1 N–H and O–H groups in total. The van der Waals surface area contributed by atoms with Gasteiger partial charge in [0.05, 0.1) is 0 Å². The van der Waals surface area contributed by atoms with Crippen LogP contribution < -0.4 is 4.74 Å². The Balaban J connectivity index is 1.48. The van der Waals surface area contributed by atoms with E-state index in [0.29, 0.717) is 13.2 Å². The Morgan fingerprint density at radius 1 is 1.08 bits per heavy atom. The SMILES string of the molecule is C[C@@H]1CCCN(C[C@@H](O)COc2ccc(-c3ccccc3)cc2)C1. The summed E-state index contributed by atoms with van der Waals surface area (Å²) in [5, 5.41) is 10.2. The van der Waals surface area contributed by atoms with Crippen molar-refractivity contribution >= 4 is 0 Å². The minimum Gasteiger partial charge on any atom is -0.491 e. The van der Waals surface area contributed by atoms with Crippen LogP contribution in [0.2, 0.25) is 0 Å². The highest BCUT2D eigenvalue weighted by Gasteiger charge is 2.19. The van der Waals surface area contributed by atoms with E-state index < -0.39 is 6.10 Å². The first kappa shape index (κ1) is 17.0. The predicted molar refractivity (Wildman–Crippen MR) is 98.2 cm³/mol. The summed E-state index contributed by atoms with van der Waals surface area (Å²) in [5.41, 5.74) is 2.37. The number of likely N-dealkylation sites (tertiary alicyclic amines) is 1. The summed E-state index contributed by atoms with van der Waals surface area (Å²) in [4.78, 5) is 2.35. The van der Waals surface area contributed by atoms with E-state index in [1.165, 1.54) is 24.0 Å². The molecule has 3 nitrogen and oxygen atoms in total. The van der Waals surface area contributed by atoms with Crippen molar-refractivity contribution in [3.63, 3.8) is 0 Å². The summed E-state index contributed by atoms with van der Waals surface area (Å²) in [6.45, 7) is 5.50. The van der Waals surface area contributed by atoms with Crippen molar-refractivity contribution in [2.75, 3.05) is 26.2 Å². The van der Waals surface area contributed by atoms with Crippen LogP contribution in [0.25, 0.3) is 11.1 Å². The van der Waals surface area contributed by atoms with E-state index in [1.54, 1.807) is 0 Å². The third-order valence-electron chi connectivity index (χ3n) is 4.61. The quantitative estimate of drug-likeness (QED) is 0.876. The lowest BCUT2D eigenvalue weighted by Gasteiger charge is -2.32. The number of hydrogen-bond acceptors (Lipinski definition) is 3. The predicted octanol–water partition coefficient (Wildman–Crippen LogP) is 3.83. The van der Waals surface area contributed by atoms with E-state index in [4.69, 9.17) is 4.74 Å². The highest BCUT2D eigenvalue weighted by molar-refractivity contribution is 5.63. The number of hydrogen-bond donors (Lipinski definition) is 1. The largest absolute Gasteiger partial charge is 0.491 e. The molecule has 1 aliphatic heterocycles. The molecule has 1 heterocycles. The van der Waals surface area contributed by atoms with Gasteiger partial charge in [0.15, 0.2) is 0 Å². The Bertz CT molecular complexity index is 611. The maximum Gasteiger partial charge on any atom is 0.119 e. The Hall–Kier alpha value is -1.84. The molecule has 1 aliphatic rings. The standard InChI is InChI=1S/C21H27NO2/c1-17-6-5-13-22(14-17)15-20(23)16-24-21-11-9-19(10-12-21)18-7-3-2-4-8-18/h2-4,7-12,17,20,23H,5-6,13-16H2,1H3/t17-,20-/m1/s1. The molecule has 2 aromatic rings. The first-order valence-corrected chi connectivity index (χ1v) is 8.89. The number of nitrogens with zero attached hydrogens (tertiary/aromatic N) is 1. The average molecular weight is 325 g/mol. The third-order valence-corrected chi connectivity index (χ3v) is 4.61. The molecule has 2 atom stereocenters. The fourth-order valence-corrected chi connectivity index (χ4v) is 3.37. The van der Waals surface area contributed by atoms with Crippen LogP contribution in [0, 0.1) is 5.92 Å². The van der Waals surface area contributed by atoms with Crippen LogP contribution in [0.15, 0.2) is 54.6 Å². The van der Waals surface area contributed by atoms with Crippen molar-refractivity contribution < 1.29 is 9.84 Å². The molecule has 1 fully saturated rings. The average Bonchev–Trinajstić information content (AvgIpc) is 2.61. The molecule has 0 spiro atoms. The maximum atomic E-state index is 10.2. The first-order chi connectivity index (χ1) is 11.7. The molecule has 128 valence electrons. The van der Waals surface area contributed by atoms with Crippen molar-refractivity contribution in [2.24, 2.45) is 5.92 Å². The molecular weight excluding hydrogens is 298 g/mol. The number of piperidine rings is 1. The van der Waals surface area contributed by atoms with Gasteiger partial charge in [0.25, 0.3) is 0 Å². The molecule has 3 heteroatoms. The Labute approximate surface area is 144 Å². The van der Waals surface area contributed by atoms with Crippen LogP contribution in [0.4, 0.5) is 0 Å². The molecule has 2 aromatic carbocycles. The highest BCUT2D eigenvalue weighted by atomic mass is 16.5. The van der Waals surface area contributed by atoms with Gasteiger partial charge in [0.1, 0.15) is 18.5 Å². The van der Waals surface area contributed by atoms with E-state index >= 15 is 0 Å². The van der Waals surface area contributed by atoms with Gasteiger partial charge in [0, 0.05) is 13.1 Å². The number of β-amino-alcohol motifs (C(OH)–C–C–N with tert-alkyl or cyclic N) is 1. The van der Waals surface area contributed by atoms with Crippen LogP contribution >= 0.6 is 0 Å². The van der Waals surface area contributed by atoms with Crippen molar-refractivity contribution in [1.82, 2.24) is 4.90 Å². The van der Waals surface area contributed by atoms with Gasteiger partial charge in [-0.3, -0.25) is 0 Å². The summed E-state index contributed by atoms with van der Waals surface area (Å²) in [5.74, 6) is 1.54. The maximum absolute atomic E-state index is 10.2. The molecule has 24 heavy (non-hydrogen) atoms. The number of aliphatic hydroxyl groups is 1. The zero-order chi connectivity index (χ0) is 16.8. The van der Waals surface area contributed by atoms with E-state index in [-0.39, 0.29) is 0 Å². The number of ether oxygens (including phenoxy) is 1. The van der Waals surface area contributed by atoms with E-state index in [0.717, 1.165) is 24.8 Å². The van der Waals surface area contributed by atoms with E-state index in [2.05, 4.69) is 36.1 Å². The minimum absolute atomic E-state index is 0.343. The summed E-state index contributed by atoms with van der Waals surface area (Å²) in [6, 6.07) is 18.3. The van der Waals surface area contributed by atoms with Gasteiger partial charge in [-0.25, -0.2) is 0 Å². The fourth-order valence-electron chi connectivity index (χ4n) is 3.37. The second kappa shape index (κ2) is 8.32. The Morgan fingerprint density at radius 2 is 1.79 bits per heavy atom. The van der Waals surface area contributed by atoms with Crippen LogP contribution in [-0.4, -0.2) is 42.4 Å². The second-order valence-corrected chi connectivity index (χ2v) is 6.86. The molecule has 1 saturated heterocycles. The van der Waals surface area contributed by atoms with Gasteiger partial charge < -0.3 is 14.7 Å². The van der Waals surface area contributed by atoms with Crippen LogP contribution in [-0.2, 0) is 0 Å². The van der Waals surface area contributed by atoms with Gasteiger partial charge in [-0.1, -0.05) is 49.4 Å². The molecule has 0 bridgehead atoms. The summed E-state index contributed by atoms with van der Waals surface area (Å²) >= 11 is 0. The minimum atomic E-state index is -0.441. The molecule has 0 aromatic heterocycles. The zero-order valence-electron chi connectivity index (χ0n) is 14.4. The number of aliphatic hydroxyl groups excluding tert-OH is 1. The van der Waals surface area contributed by atoms with Crippen molar-refractivity contribution in [3.8, 4) is 16.9 Å². The van der Waals surface area contributed by atoms with Gasteiger partial charge in [-0.2, -0.15) is 0 Å². The number of rotatable bonds is 6. The van der Waals surface area contributed by atoms with Crippen LogP contribution in [0.5, 0.6) is 5.75 Å². The summed E-state index contributed by atoms with van der Waals surface area (Å²) < 4.78 is 5.75. The van der Waals surface area contributed by atoms with Crippen molar-refractivity contribution in [3.05, 3.63) is 54.6 Å².